The highest BCUT2D eigenvalue weighted by Crippen LogP contribution is 2.53. The zero-order valence-electron chi connectivity index (χ0n) is 26.3. The van der Waals surface area contributed by atoms with Gasteiger partial charge in [-0.3, -0.25) is 4.57 Å². The van der Waals surface area contributed by atoms with Crippen LogP contribution in [-0.2, 0) is 5.41 Å². The van der Waals surface area contributed by atoms with Crippen LogP contribution in [0.3, 0.4) is 0 Å². The van der Waals surface area contributed by atoms with Gasteiger partial charge in [0.15, 0.2) is 5.82 Å². The van der Waals surface area contributed by atoms with Crippen LogP contribution in [0.25, 0.3) is 50.3 Å². The second kappa shape index (κ2) is 10.5. The van der Waals surface area contributed by atoms with Crippen LogP contribution in [-0.4, -0.2) is 14.5 Å². The number of para-hydroxylation sites is 4. The zero-order valence-corrected chi connectivity index (χ0v) is 26.3. The molecule has 0 saturated carbocycles. The standard InChI is InChI=1S/C43H32N4/c1-43(2)33-22-10-13-25-37(33)46(38-26-14-11-23-34(38)43)39-27-15-21-32-31-20-9-12-24-36(31)47(41(32)39)40-28-35(29-16-5-3-6-17-29)44-42(45-40)30-18-7-4-8-19-30/h3-28H,1-2H3. The lowest BCUT2D eigenvalue weighted by molar-refractivity contribution is 0.632. The maximum absolute atomic E-state index is 5.30. The predicted octanol–water partition coefficient (Wildman–Crippen LogP) is 11.0. The van der Waals surface area contributed by atoms with Crippen LogP contribution in [0.1, 0.15) is 25.0 Å². The van der Waals surface area contributed by atoms with Crippen molar-refractivity contribution < 1.29 is 0 Å². The van der Waals surface area contributed by atoms with Crippen LogP contribution in [0, 0.1) is 0 Å². The van der Waals surface area contributed by atoms with Crippen molar-refractivity contribution in [3.63, 3.8) is 0 Å². The SMILES string of the molecule is CC1(C)c2ccccc2N(c2cccc3c4ccccc4n(-c4cc(-c5ccccc5)nc(-c5ccccc5)n4)c23)c2ccccc21. The van der Waals surface area contributed by atoms with E-state index in [4.69, 9.17) is 9.97 Å². The van der Waals surface area contributed by atoms with Crippen molar-refractivity contribution in [2.75, 3.05) is 4.90 Å². The molecule has 3 heterocycles. The summed E-state index contributed by atoms with van der Waals surface area (Å²) in [4.78, 5) is 12.8. The second-order valence-electron chi connectivity index (χ2n) is 12.7. The molecule has 9 rings (SSSR count). The molecule has 6 aromatic carbocycles. The molecular weight excluding hydrogens is 573 g/mol. The summed E-state index contributed by atoms with van der Waals surface area (Å²) in [7, 11) is 0. The number of anilines is 3. The van der Waals surface area contributed by atoms with Crippen molar-refractivity contribution in [3.8, 4) is 28.5 Å². The van der Waals surface area contributed by atoms with Crippen LogP contribution in [0.5, 0.6) is 0 Å². The molecule has 0 aliphatic carbocycles. The summed E-state index contributed by atoms with van der Waals surface area (Å²) in [5.41, 5.74) is 11.1. The van der Waals surface area contributed by atoms with Crippen LogP contribution in [0.4, 0.5) is 17.1 Å². The van der Waals surface area contributed by atoms with Gasteiger partial charge in [-0.05, 0) is 35.4 Å². The van der Waals surface area contributed by atoms with Crippen LogP contribution >= 0.6 is 0 Å². The number of fused-ring (bicyclic) bond motifs is 5. The molecule has 0 atom stereocenters. The molecule has 1 aliphatic rings. The summed E-state index contributed by atoms with van der Waals surface area (Å²) in [5, 5.41) is 2.36. The first-order chi connectivity index (χ1) is 23.1. The van der Waals surface area contributed by atoms with E-state index in [9.17, 15) is 0 Å². The van der Waals surface area contributed by atoms with E-state index in [1.165, 1.54) is 33.3 Å². The average molecular weight is 605 g/mol. The fraction of sp³-hybridized carbons (Fsp3) is 0.0698. The molecule has 0 N–H and O–H groups in total. The summed E-state index contributed by atoms with van der Waals surface area (Å²) in [6.07, 6.45) is 0. The molecule has 0 fully saturated rings. The van der Waals surface area contributed by atoms with Crippen molar-refractivity contribution >= 4 is 38.9 Å². The molecule has 0 spiro atoms. The lowest BCUT2D eigenvalue weighted by Gasteiger charge is -2.42. The predicted molar refractivity (Wildman–Crippen MR) is 194 cm³/mol. The molecule has 0 radical (unpaired) electrons. The van der Waals surface area contributed by atoms with E-state index in [1.54, 1.807) is 0 Å². The van der Waals surface area contributed by atoms with Gasteiger partial charge in [0.05, 0.1) is 33.8 Å². The Bertz CT molecular complexity index is 2330. The third-order valence-electron chi connectivity index (χ3n) is 9.59. The molecule has 0 amide bonds. The molecule has 2 aromatic heterocycles. The fourth-order valence-corrected chi connectivity index (χ4v) is 7.37. The average Bonchev–Trinajstić information content (AvgIpc) is 3.48. The highest BCUT2D eigenvalue weighted by molar-refractivity contribution is 6.14. The van der Waals surface area contributed by atoms with E-state index in [-0.39, 0.29) is 5.41 Å². The van der Waals surface area contributed by atoms with Crippen molar-refractivity contribution in [2.45, 2.75) is 19.3 Å². The minimum Gasteiger partial charge on any atom is -0.308 e. The number of hydrogen-bond donors (Lipinski definition) is 0. The first kappa shape index (κ1) is 27.3. The number of benzene rings is 6. The third-order valence-corrected chi connectivity index (χ3v) is 9.59. The summed E-state index contributed by atoms with van der Waals surface area (Å²) in [6, 6.07) is 55.8. The number of aromatic nitrogens is 3. The summed E-state index contributed by atoms with van der Waals surface area (Å²) in [6.45, 7) is 4.66. The Labute approximate surface area is 274 Å². The van der Waals surface area contributed by atoms with Crippen LogP contribution in [0.15, 0.2) is 158 Å². The first-order valence-corrected chi connectivity index (χ1v) is 16.1. The topological polar surface area (TPSA) is 34.0 Å². The van der Waals surface area contributed by atoms with Gasteiger partial charge < -0.3 is 4.90 Å². The zero-order chi connectivity index (χ0) is 31.5. The molecule has 8 aromatic rings. The number of hydrogen-bond acceptors (Lipinski definition) is 3. The summed E-state index contributed by atoms with van der Waals surface area (Å²) < 4.78 is 2.34. The van der Waals surface area contributed by atoms with Gasteiger partial charge in [-0.1, -0.05) is 141 Å². The molecule has 4 heteroatoms. The molecular formula is C43H32N4. The van der Waals surface area contributed by atoms with Crippen molar-refractivity contribution in [1.82, 2.24) is 14.5 Å². The van der Waals surface area contributed by atoms with E-state index < -0.39 is 0 Å². The molecule has 0 saturated heterocycles. The maximum atomic E-state index is 5.30. The number of nitrogens with zero attached hydrogens (tertiary/aromatic N) is 4. The van der Waals surface area contributed by atoms with E-state index in [2.05, 4.69) is 157 Å². The van der Waals surface area contributed by atoms with E-state index >= 15 is 0 Å². The minimum atomic E-state index is -0.147. The van der Waals surface area contributed by atoms with E-state index in [0.29, 0.717) is 5.82 Å². The van der Waals surface area contributed by atoms with Crippen LogP contribution in [0.2, 0.25) is 0 Å². The third kappa shape index (κ3) is 4.22. The molecule has 0 unspecified atom stereocenters. The lowest BCUT2D eigenvalue weighted by Crippen LogP contribution is -2.30. The highest BCUT2D eigenvalue weighted by Gasteiger charge is 2.37. The Balaban J connectivity index is 1.39. The summed E-state index contributed by atoms with van der Waals surface area (Å²) >= 11 is 0. The Morgan fingerprint density at radius 3 is 1.74 bits per heavy atom. The fourth-order valence-electron chi connectivity index (χ4n) is 7.37. The number of rotatable bonds is 4. The highest BCUT2D eigenvalue weighted by atomic mass is 15.2. The van der Waals surface area contributed by atoms with Gasteiger partial charge in [-0.25, -0.2) is 9.97 Å². The lowest BCUT2D eigenvalue weighted by atomic mass is 9.73. The Morgan fingerprint density at radius 2 is 1.04 bits per heavy atom. The Kier molecular flexibility index (Phi) is 6.12. The molecule has 4 nitrogen and oxygen atoms in total. The van der Waals surface area contributed by atoms with Gasteiger partial charge in [0, 0.05) is 33.4 Å². The van der Waals surface area contributed by atoms with Gasteiger partial charge in [0.2, 0.25) is 0 Å². The smallest absolute Gasteiger partial charge is 0.162 e. The van der Waals surface area contributed by atoms with E-state index in [0.717, 1.165) is 39.4 Å². The maximum Gasteiger partial charge on any atom is 0.162 e. The van der Waals surface area contributed by atoms with Crippen molar-refractivity contribution in [1.29, 1.82) is 0 Å². The molecule has 47 heavy (non-hydrogen) atoms. The van der Waals surface area contributed by atoms with Gasteiger partial charge in [0.1, 0.15) is 5.82 Å². The first-order valence-electron chi connectivity index (χ1n) is 16.1. The van der Waals surface area contributed by atoms with E-state index in [1.807, 2.05) is 24.3 Å². The minimum absolute atomic E-state index is 0.147. The second-order valence-corrected chi connectivity index (χ2v) is 12.7. The normalized spacial score (nSPS) is 13.4. The monoisotopic (exact) mass is 604 g/mol. The quantitative estimate of drug-likeness (QED) is 0.200. The van der Waals surface area contributed by atoms with Gasteiger partial charge >= 0.3 is 0 Å². The Hall–Kier alpha value is -6.00. The largest absolute Gasteiger partial charge is 0.308 e. The Morgan fingerprint density at radius 1 is 0.489 bits per heavy atom. The molecule has 224 valence electrons. The van der Waals surface area contributed by atoms with Gasteiger partial charge in [-0.2, -0.15) is 0 Å². The van der Waals surface area contributed by atoms with Gasteiger partial charge in [-0.15, -0.1) is 0 Å². The van der Waals surface area contributed by atoms with Gasteiger partial charge in [0.25, 0.3) is 0 Å². The molecule has 1 aliphatic heterocycles. The van der Waals surface area contributed by atoms with Crippen molar-refractivity contribution in [2.24, 2.45) is 0 Å². The molecule has 0 bridgehead atoms. The summed E-state index contributed by atoms with van der Waals surface area (Å²) in [5.74, 6) is 1.52. The van der Waals surface area contributed by atoms with Crippen LogP contribution < -0.4 is 4.90 Å². The van der Waals surface area contributed by atoms with Crippen molar-refractivity contribution in [3.05, 3.63) is 169 Å².